The Labute approximate surface area is 188 Å². The van der Waals surface area contributed by atoms with Crippen LogP contribution in [0.5, 0.6) is 0 Å². The third-order valence-electron chi connectivity index (χ3n) is 0. The van der Waals surface area contributed by atoms with Crippen LogP contribution in [0, 0.1) is 0 Å². The van der Waals surface area contributed by atoms with Crippen LogP contribution in [0.1, 0.15) is 0 Å². The molecule has 2 N–H and O–H groups in total. The monoisotopic (exact) mass is 450 g/mol. The van der Waals surface area contributed by atoms with Gasteiger partial charge < -0.3 is 47.6 Å². The Hall–Kier alpha value is 2.55. The molecule has 0 rings (SSSR count). The molecule has 0 amide bonds. The summed E-state index contributed by atoms with van der Waals surface area (Å²) in [5.74, 6) is 0. The van der Waals surface area contributed by atoms with Crippen LogP contribution < -0.4 is 80.2 Å². The van der Waals surface area contributed by atoms with E-state index in [0.29, 0.717) is 0 Å². The molecule has 0 heterocycles. The van der Waals surface area contributed by atoms with Crippen molar-refractivity contribution in [3.05, 3.63) is 0 Å². The summed E-state index contributed by atoms with van der Waals surface area (Å²) < 4.78 is 25.6. The molecule has 0 saturated heterocycles. The van der Waals surface area contributed by atoms with E-state index in [1.165, 1.54) is 0 Å². The van der Waals surface area contributed by atoms with Gasteiger partial charge in [0.05, 0.1) is 0 Å². The second-order valence-electron chi connectivity index (χ2n) is 0.750. The Kier molecular flexibility index (Phi) is 96.5. The van der Waals surface area contributed by atoms with Crippen LogP contribution >= 0.6 is 0 Å². The van der Waals surface area contributed by atoms with Crippen molar-refractivity contribution >= 4 is 93.8 Å². The van der Waals surface area contributed by atoms with Gasteiger partial charge in [-0.05, 0) is 0 Å². The van der Waals surface area contributed by atoms with E-state index in [1.807, 2.05) is 0 Å². The van der Waals surface area contributed by atoms with Gasteiger partial charge in [-0.1, -0.05) is 0 Å². The zero-order valence-electron chi connectivity index (χ0n) is 7.96. The molecular formula is H2AlBaKO10Si3. The molecule has 0 aromatic heterocycles. The van der Waals surface area contributed by atoms with E-state index in [2.05, 4.69) is 0 Å². The normalized spacial score (nSPS) is 4.50. The van der Waals surface area contributed by atoms with E-state index in [9.17, 15) is 0 Å². The fraction of sp³-hybridized carbons (Fsp3) is 0. The van der Waals surface area contributed by atoms with E-state index in [4.69, 9.17) is 42.2 Å². The van der Waals surface area contributed by atoms with Gasteiger partial charge >= 0.3 is 118 Å². The van der Waals surface area contributed by atoms with Crippen LogP contribution in [0.4, 0.5) is 0 Å². The summed E-state index contributed by atoms with van der Waals surface area (Å²) >= 11 is 0. The van der Waals surface area contributed by atoms with Crippen molar-refractivity contribution in [3.63, 3.8) is 0 Å². The van der Waals surface area contributed by atoms with Crippen molar-refractivity contribution in [2.75, 3.05) is 0 Å². The van der Waals surface area contributed by atoms with E-state index < -0.39 is 27.5 Å². The predicted molar refractivity (Wildman–Crippen MR) is 34.4 cm³/mol. The molecule has 0 aliphatic heterocycles. The first-order chi connectivity index (χ1) is 5.20. The first-order valence-corrected chi connectivity index (χ1v) is 5.51. The molecule has 0 spiro atoms. The van der Waals surface area contributed by atoms with Gasteiger partial charge in [-0.3, -0.25) is 0 Å². The van der Waals surface area contributed by atoms with Crippen LogP contribution in [-0.4, -0.2) is 99.2 Å². The maximum absolute atomic E-state index is 8.52. The minimum atomic E-state index is -3.63. The summed E-state index contributed by atoms with van der Waals surface area (Å²) in [4.78, 5) is 51.1. The van der Waals surface area contributed by atoms with E-state index in [0.717, 1.165) is 0 Å². The molecule has 0 bridgehead atoms. The van der Waals surface area contributed by atoms with Crippen molar-refractivity contribution in [2.24, 2.45) is 0 Å². The van der Waals surface area contributed by atoms with Crippen molar-refractivity contribution in [2.45, 2.75) is 0 Å². The molecule has 0 saturated carbocycles. The number of hydrogen-bond acceptors (Lipinski definition) is 9. The Bertz CT molecular complexity index is 124. The SMILES string of the molecule is O.O=[Si]([O-])[O-].O=[Si]([O-])[O-].O=[Si]([O-])[O-].[Al+3].[Ba+2].[K+]. The Balaban J connectivity index is -0.0000000135. The predicted octanol–water partition coefficient (Wildman–Crippen LogP) is -13.2. The Morgan fingerprint density at radius 2 is 0.625 bits per heavy atom. The first kappa shape index (κ1) is 42.8. The van der Waals surface area contributed by atoms with E-state index in [-0.39, 0.29) is 123 Å². The third-order valence-corrected chi connectivity index (χ3v) is 0. The molecule has 0 aromatic rings. The minimum Gasteiger partial charge on any atom is -0.672 e. The van der Waals surface area contributed by atoms with Gasteiger partial charge in [0.15, 0.2) is 0 Å². The van der Waals surface area contributed by atoms with Crippen molar-refractivity contribution in [1.29, 1.82) is 0 Å². The second kappa shape index (κ2) is 36.0. The average Bonchev–Trinajstić information content (AvgIpc) is 1.54. The van der Waals surface area contributed by atoms with Crippen molar-refractivity contribution < 1.29 is 99.0 Å². The summed E-state index contributed by atoms with van der Waals surface area (Å²) in [6.45, 7) is 0. The standard InChI is InChI=1S/Al.Ba.K.3O3Si.H2O/c;;;3*1-4(2)3;/h;;;;;;1H2/q+3;+2;+1;3*-2;. The largest absolute Gasteiger partial charge is 3.00 e. The zero-order chi connectivity index (χ0) is 10.7. The van der Waals surface area contributed by atoms with Gasteiger partial charge in [0.1, 0.15) is 0 Å². The number of hydrogen-bond donors (Lipinski definition) is 0. The maximum Gasteiger partial charge on any atom is 3.00 e. The number of rotatable bonds is 0. The van der Waals surface area contributed by atoms with Crippen LogP contribution in [0.15, 0.2) is 0 Å². The van der Waals surface area contributed by atoms with Gasteiger partial charge in [-0.15, -0.1) is 0 Å². The fourth-order valence-electron chi connectivity index (χ4n) is 0. The van der Waals surface area contributed by atoms with Crippen LogP contribution in [-0.2, 0) is 13.4 Å². The first-order valence-electron chi connectivity index (χ1n) is 1.84. The molecule has 0 radical (unpaired) electrons. The summed E-state index contributed by atoms with van der Waals surface area (Å²) in [6.07, 6.45) is 0. The van der Waals surface area contributed by atoms with Gasteiger partial charge in [-0.2, -0.15) is 0 Å². The van der Waals surface area contributed by atoms with Gasteiger partial charge in [0, 0.05) is 27.5 Å². The van der Waals surface area contributed by atoms with Crippen LogP contribution in [0.25, 0.3) is 0 Å². The Morgan fingerprint density at radius 1 is 0.625 bits per heavy atom. The summed E-state index contributed by atoms with van der Waals surface area (Å²) in [5, 5.41) is 0. The fourth-order valence-corrected chi connectivity index (χ4v) is 0. The van der Waals surface area contributed by atoms with Crippen LogP contribution in [0.3, 0.4) is 0 Å². The summed E-state index contributed by atoms with van der Waals surface area (Å²) in [7, 11) is -10.9. The van der Waals surface area contributed by atoms with Crippen LogP contribution in [0.2, 0.25) is 0 Å². The third kappa shape index (κ3) is 615. The minimum absolute atomic E-state index is 0. The van der Waals surface area contributed by atoms with Crippen molar-refractivity contribution in [1.82, 2.24) is 0 Å². The van der Waals surface area contributed by atoms with Gasteiger partial charge in [-0.25, -0.2) is 0 Å². The zero-order valence-corrected chi connectivity index (χ0v) is 19.7. The quantitative estimate of drug-likeness (QED) is 0.319. The molecule has 0 unspecified atom stereocenters. The molecule has 0 fully saturated rings. The molecular weight excluding hydrogens is 448 g/mol. The Morgan fingerprint density at radius 3 is 0.625 bits per heavy atom. The maximum atomic E-state index is 8.52. The molecule has 80 valence electrons. The summed E-state index contributed by atoms with van der Waals surface area (Å²) in [5.41, 5.74) is 0. The van der Waals surface area contributed by atoms with Crippen molar-refractivity contribution in [3.8, 4) is 0 Å². The topological polar surface area (TPSA) is 221 Å². The molecule has 0 aliphatic rings. The molecule has 0 atom stereocenters. The average molecular weight is 450 g/mol. The molecule has 16 heavy (non-hydrogen) atoms. The van der Waals surface area contributed by atoms with Gasteiger partial charge in [0.2, 0.25) is 0 Å². The second-order valence-corrected chi connectivity index (χ2v) is 2.25. The molecule has 0 aliphatic carbocycles. The smallest absolute Gasteiger partial charge is 0.672 e. The molecule has 10 nitrogen and oxygen atoms in total. The molecule has 16 heteroatoms. The summed E-state index contributed by atoms with van der Waals surface area (Å²) in [6, 6.07) is 0. The van der Waals surface area contributed by atoms with Gasteiger partial charge in [0.25, 0.3) is 0 Å². The van der Waals surface area contributed by atoms with E-state index >= 15 is 0 Å². The molecule has 0 aromatic carbocycles. The van der Waals surface area contributed by atoms with E-state index in [1.54, 1.807) is 0 Å².